The Labute approximate surface area is 248 Å². The van der Waals surface area contributed by atoms with Gasteiger partial charge >= 0.3 is 0 Å². The fraction of sp³-hybridized carbons (Fsp3) is 0.643. The van der Waals surface area contributed by atoms with E-state index in [1.807, 2.05) is 0 Å². The minimum Gasteiger partial charge on any atom is -0.450 e. The zero-order valence-corrected chi connectivity index (χ0v) is 26.1. The molecule has 2 saturated heterocycles. The minimum atomic E-state index is -3.71. The standard InChI is InChI=1S/C28H41FN6O5S2/c1-20(2)42(38,39)33-24-14-22(29)6-9-25(24)40-26-15-30-19-31-27(26)35-17-28(18-35)10-12-34(13-11-28)16-21-4-7-23(8-5-21)32-41(3,36)37/h6,9,14-15,19-21,23,32-33H,4-5,7-8,10-13,16-18H2,1-3H3. The smallest absolute Gasteiger partial charge is 0.235 e. The van der Waals surface area contributed by atoms with Crippen LogP contribution >= 0.6 is 0 Å². The highest BCUT2D eigenvalue weighted by Gasteiger charge is 2.46. The Bertz CT molecular complexity index is 1470. The average molecular weight is 625 g/mol. The third kappa shape index (κ3) is 7.50. The van der Waals surface area contributed by atoms with Crippen molar-refractivity contribution in [1.82, 2.24) is 19.6 Å². The van der Waals surface area contributed by atoms with Gasteiger partial charge in [0.2, 0.25) is 20.0 Å². The molecule has 1 aliphatic carbocycles. The fourth-order valence-corrected chi connectivity index (χ4v) is 7.79. The number of rotatable bonds is 10. The number of nitrogens with one attached hydrogen (secondary N) is 2. The number of nitrogens with zero attached hydrogens (tertiary/aromatic N) is 4. The summed E-state index contributed by atoms with van der Waals surface area (Å²) in [5.41, 5.74) is 0.232. The zero-order valence-electron chi connectivity index (χ0n) is 24.4. The molecule has 5 rings (SSSR count). The van der Waals surface area contributed by atoms with Gasteiger partial charge in [0.1, 0.15) is 12.1 Å². The van der Waals surface area contributed by atoms with Crippen molar-refractivity contribution in [3.63, 3.8) is 0 Å². The number of sulfonamides is 2. The molecule has 11 nitrogen and oxygen atoms in total. The third-order valence-corrected chi connectivity index (χ3v) is 11.2. The van der Waals surface area contributed by atoms with E-state index in [0.29, 0.717) is 17.5 Å². The van der Waals surface area contributed by atoms with Gasteiger partial charge in [0.25, 0.3) is 0 Å². The second-order valence-corrected chi connectivity index (χ2v) is 16.4. The van der Waals surface area contributed by atoms with Crippen LogP contribution in [0.3, 0.4) is 0 Å². The van der Waals surface area contributed by atoms with Crippen LogP contribution in [-0.2, 0) is 20.0 Å². The molecule has 1 saturated carbocycles. The molecule has 14 heteroatoms. The van der Waals surface area contributed by atoms with Crippen LogP contribution in [0.5, 0.6) is 11.5 Å². The molecule has 1 aromatic heterocycles. The Morgan fingerprint density at radius 2 is 1.76 bits per heavy atom. The van der Waals surface area contributed by atoms with Gasteiger partial charge in [0.05, 0.1) is 23.4 Å². The van der Waals surface area contributed by atoms with Crippen LogP contribution in [0.2, 0.25) is 0 Å². The van der Waals surface area contributed by atoms with E-state index in [4.69, 9.17) is 4.74 Å². The Hall–Kier alpha value is -2.55. The second kappa shape index (κ2) is 12.2. The number of likely N-dealkylation sites (tertiary alicyclic amines) is 1. The number of anilines is 2. The van der Waals surface area contributed by atoms with E-state index in [2.05, 4.69) is 29.2 Å². The highest BCUT2D eigenvalue weighted by molar-refractivity contribution is 7.93. The maximum absolute atomic E-state index is 14.0. The summed E-state index contributed by atoms with van der Waals surface area (Å²) in [5, 5.41) is -0.702. The summed E-state index contributed by atoms with van der Waals surface area (Å²) in [5.74, 6) is 1.20. The summed E-state index contributed by atoms with van der Waals surface area (Å²) in [4.78, 5) is 13.3. The van der Waals surface area contributed by atoms with Gasteiger partial charge in [-0.2, -0.15) is 0 Å². The van der Waals surface area contributed by atoms with Gasteiger partial charge in [-0.25, -0.2) is 35.9 Å². The van der Waals surface area contributed by atoms with E-state index >= 15 is 0 Å². The molecule has 0 bridgehead atoms. The maximum Gasteiger partial charge on any atom is 0.235 e. The lowest BCUT2D eigenvalue weighted by Gasteiger charge is -2.54. The third-order valence-electron chi connectivity index (χ3n) is 8.71. The largest absolute Gasteiger partial charge is 0.450 e. The van der Waals surface area contributed by atoms with Crippen molar-refractivity contribution < 1.29 is 26.0 Å². The quantitative estimate of drug-likeness (QED) is 0.407. The lowest BCUT2D eigenvalue weighted by atomic mass is 9.71. The van der Waals surface area contributed by atoms with Crippen molar-refractivity contribution in [3.05, 3.63) is 36.5 Å². The molecule has 0 amide bonds. The first kappa shape index (κ1) is 30.9. The molecule has 42 heavy (non-hydrogen) atoms. The van der Waals surface area contributed by atoms with Crippen molar-refractivity contribution in [2.24, 2.45) is 11.3 Å². The number of aromatic nitrogens is 2. The predicted molar refractivity (Wildman–Crippen MR) is 160 cm³/mol. The van der Waals surface area contributed by atoms with Gasteiger partial charge in [0, 0.05) is 37.2 Å². The number of hydrogen-bond donors (Lipinski definition) is 2. The number of ether oxygens (including phenoxy) is 1. The molecule has 3 aliphatic rings. The Morgan fingerprint density at radius 3 is 2.40 bits per heavy atom. The topological polar surface area (TPSA) is 134 Å². The van der Waals surface area contributed by atoms with Crippen LogP contribution < -0.4 is 19.1 Å². The van der Waals surface area contributed by atoms with Crippen molar-refractivity contribution in [1.29, 1.82) is 0 Å². The van der Waals surface area contributed by atoms with Crippen LogP contribution in [0.15, 0.2) is 30.7 Å². The Morgan fingerprint density at radius 1 is 1.07 bits per heavy atom. The number of halogens is 1. The molecule has 1 aromatic carbocycles. The van der Waals surface area contributed by atoms with Crippen LogP contribution in [0.4, 0.5) is 15.9 Å². The maximum atomic E-state index is 14.0. The first-order valence-electron chi connectivity index (χ1n) is 14.5. The van der Waals surface area contributed by atoms with Gasteiger partial charge in [-0.3, -0.25) is 4.72 Å². The number of hydrogen-bond acceptors (Lipinski definition) is 9. The van der Waals surface area contributed by atoms with Crippen molar-refractivity contribution in [3.8, 4) is 11.5 Å². The molecule has 0 unspecified atom stereocenters. The van der Waals surface area contributed by atoms with E-state index in [1.54, 1.807) is 20.0 Å². The first-order chi connectivity index (χ1) is 19.8. The van der Waals surface area contributed by atoms with Gasteiger partial charge in [-0.05, 0) is 83.5 Å². The second-order valence-electron chi connectivity index (χ2n) is 12.4. The van der Waals surface area contributed by atoms with Crippen LogP contribution in [0.25, 0.3) is 0 Å². The van der Waals surface area contributed by atoms with Crippen LogP contribution in [-0.4, -0.2) is 82.0 Å². The van der Waals surface area contributed by atoms with Crippen molar-refractivity contribution in [2.75, 3.05) is 48.6 Å². The van der Waals surface area contributed by atoms with E-state index in [9.17, 15) is 21.2 Å². The summed E-state index contributed by atoms with van der Waals surface area (Å²) in [6, 6.07) is 3.78. The molecular weight excluding hydrogens is 583 g/mol. The highest BCUT2D eigenvalue weighted by atomic mass is 32.2. The Balaban J connectivity index is 1.16. The Kier molecular flexibility index (Phi) is 8.98. The number of benzene rings is 1. The van der Waals surface area contributed by atoms with E-state index in [-0.39, 0.29) is 22.9 Å². The number of piperidine rings is 1. The molecule has 2 N–H and O–H groups in total. The monoisotopic (exact) mass is 624 g/mol. The fourth-order valence-electron chi connectivity index (χ4n) is 6.25. The van der Waals surface area contributed by atoms with E-state index in [1.165, 1.54) is 24.7 Å². The highest BCUT2D eigenvalue weighted by Crippen LogP contribution is 2.45. The summed E-state index contributed by atoms with van der Waals surface area (Å²) < 4.78 is 73.3. The molecule has 3 fully saturated rings. The molecule has 2 aromatic rings. The lowest BCUT2D eigenvalue weighted by molar-refractivity contribution is 0.0618. The van der Waals surface area contributed by atoms with Gasteiger partial charge in [0.15, 0.2) is 17.3 Å². The first-order valence-corrected chi connectivity index (χ1v) is 18.0. The van der Waals surface area contributed by atoms with Crippen molar-refractivity contribution >= 4 is 31.6 Å². The van der Waals surface area contributed by atoms with Gasteiger partial charge < -0.3 is 14.5 Å². The summed E-state index contributed by atoms with van der Waals surface area (Å²) in [7, 11) is -6.86. The van der Waals surface area contributed by atoms with E-state index < -0.39 is 31.1 Å². The minimum absolute atomic E-state index is 0.0195. The van der Waals surface area contributed by atoms with Crippen LogP contribution in [0, 0.1) is 17.2 Å². The SMILES string of the molecule is CC(C)S(=O)(=O)Nc1cc(F)ccc1Oc1cncnc1N1CC2(CCN(CC3CCC(NS(C)(=O)=O)CC3)CC2)C1. The molecule has 1 spiro atoms. The van der Waals surface area contributed by atoms with Gasteiger partial charge in [-0.15, -0.1) is 0 Å². The molecule has 2 aliphatic heterocycles. The van der Waals surface area contributed by atoms with E-state index in [0.717, 1.165) is 77.3 Å². The average Bonchev–Trinajstić information content (AvgIpc) is 2.90. The predicted octanol–water partition coefficient (Wildman–Crippen LogP) is 3.57. The molecule has 3 heterocycles. The summed E-state index contributed by atoms with van der Waals surface area (Å²) >= 11 is 0. The molecule has 0 atom stereocenters. The van der Waals surface area contributed by atoms with Gasteiger partial charge in [-0.1, -0.05) is 0 Å². The molecule has 232 valence electrons. The molecule has 0 radical (unpaired) electrons. The zero-order chi connectivity index (χ0) is 30.1. The molecular formula is C28H41FN6O5S2. The summed E-state index contributed by atoms with van der Waals surface area (Å²) in [6.07, 6.45) is 10.3. The van der Waals surface area contributed by atoms with Crippen LogP contribution in [0.1, 0.15) is 52.4 Å². The normalized spacial score (nSPS) is 23.1. The summed E-state index contributed by atoms with van der Waals surface area (Å²) in [6.45, 7) is 7.91. The van der Waals surface area contributed by atoms with Crippen molar-refractivity contribution in [2.45, 2.75) is 63.7 Å². The lowest BCUT2D eigenvalue weighted by Crippen LogP contribution is -2.61.